The minimum absolute atomic E-state index is 0.210. The second-order valence-electron chi connectivity index (χ2n) is 6.89. The highest BCUT2D eigenvalue weighted by atomic mass is 35.5. The SMILES string of the molecule is Fc1cc2nc(/N=C3/CC4(CN5CCC4CC5)ON3)sc2c(F)c1Cl. The molecule has 0 aliphatic carbocycles. The van der Waals surface area contributed by atoms with Crippen molar-refractivity contribution >= 4 is 44.1 Å². The van der Waals surface area contributed by atoms with Crippen molar-refractivity contribution in [3.8, 4) is 0 Å². The van der Waals surface area contributed by atoms with Crippen molar-refractivity contribution in [2.75, 3.05) is 19.6 Å². The van der Waals surface area contributed by atoms with E-state index < -0.39 is 16.7 Å². The van der Waals surface area contributed by atoms with Crippen LogP contribution in [0.4, 0.5) is 13.9 Å². The molecule has 5 heterocycles. The van der Waals surface area contributed by atoms with Crippen LogP contribution >= 0.6 is 22.9 Å². The molecule has 1 spiro atoms. The molecule has 132 valence electrons. The summed E-state index contributed by atoms with van der Waals surface area (Å²) in [5.74, 6) is -0.395. The number of aliphatic imine (C=N–C) groups is 1. The van der Waals surface area contributed by atoms with Gasteiger partial charge in [-0.1, -0.05) is 22.9 Å². The molecular weight excluding hydrogens is 370 g/mol. The van der Waals surface area contributed by atoms with Gasteiger partial charge in [0.2, 0.25) is 5.13 Å². The van der Waals surface area contributed by atoms with E-state index in [1.54, 1.807) is 0 Å². The van der Waals surface area contributed by atoms with Crippen molar-refractivity contribution in [3.05, 3.63) is 22.7 Å². The molecule has 25 heavy (non-hydrogen) atoms. The highest BCUT2D eigenvalue weighted by Crippen LogP contribution is 2.43. The summed E-state index contributed by atoms with van der Waals surface area (Å²) in [6.45, 7) is 3.16. The fourth-order valence-corrected chi connectivity index (χ4v) is 5.23. The number of nitrogens with zero attached hydrogens (tertiary/aromatic N) is 3. The van der Waals surface area contributed by atoms with E-state index in [1.165, 1.54) is 0 Å². The van der Waals surface area contributed by atoms with E-state index >= 15 is 0 Å². The first kappa shape index (κ1) is 15.9. The van der Waals surface area contributed by atoms with E-state index in [9.17, 15) is 8.78 Å². The molecule has 6 rings (SSSR count). The Kier molecular flexibility index (Phi) is 3.54. The van der Waals surface area contributed by atoms with Gasteiger partial charge < -0.3 is 4.90 Å². The highest BCUT2D eigenvalue weighted by molar-refractivity contribution is 7.22. The number of halogens is 3. The standard InChI is InChI=1S/C16H15ClF2N4OS/c17-12-9(18)5-10-14(13(12)19)25-15(20-10)21-11-6-16(24-22-11)7-23-3-1-8(16)2-4-23/h5,8H,1-4,6-7H2,(H,20,21,22). The number of hydrogen-bond donors (Lipinski definition) is 1. The maximum atomic E-state index is 14.1. The molecule has 9 heteroatoms. The lowest BCUT2D eigenvalue weighted by atomic mass is 9.74. The minimum atomic E-state index is -0.815. The smallest absolute Gasteiger partial charge is 0.212 e. The first-order chi connectivity index (χ1) is 12.0. The van der Waals surface area contributed by atoms with Crippen molar-refractivity contribution < 1.29 is 13.6 Å². The Bertz CT molecular complexity index is 896. The zero-order chi connectivity index (χ0) is 17.2. The predicted octanol–water partition coefficient (Wildman–Crippen LogP) is 3.65. The third-order valence-electron chi connectivity index (χ3n) is 5.40. The third-order valence-corrected chi connectivity index (χ3v) is 6.70. The van der Waals surface area contributed by atoms with Crippen molar-refractivity contribution in [1.29, 1.82) is 0 Å². The van der Waals surface area contributed by atoms with Crippen LogP contribution in [-0.4, -0.2) is 41.0 Å². The average molecular weight is 385 g/mol. The van der Waals surface area contributed by atoms with Crippen LogP contribution in [0.15, 0.2) is 11.1 Å². The zero-order valence-corrected chi connectivity index (χ0v) is 14.8. The summed E-state index contributed by atoms with van der Waals surface area (Å²) in [6, 6.07) is 1.13. The van der Waals surface area contributed by atoms with E-state index in [4.69, 9.17) is 16.4 Å². The number of hydroxylamine groups is 1. The average Bonchev–Trinajstić information content (AvgIpc) is 3.18. The Balaban J connectivity index is 1.45. The van der Waals surface area contributed by atoms with Crippen LogP contribution in [0.5, 0.6) is 0 Å². The molecule has 4 aliphatic heterocycles. The fourth-order valence-electron chi connectivity index (χ4n) is 4.15. The molecule has 2 aromatic rings. The summed E-state index contributed by atoms with van der Waals surface area (Å²) in [7, 11) is 0. The zero-order valence-electron chi connectivity index (χ0n) is 13.2. The Morgan fingerprint density at radius 2 is 2.20 bits per heavy atom. The molecule has 4 aliphatic rings. The summed E-state index contributed by atoms with van der Waals surface area (Å²) in [5.41, 5.74) is 2.92. The van der Waals surface area contributed by atoms with Crippen molar-refractivity contribution in [1.82, 2.24) is 15.4 Å². The van der Waals surface area contributed by atoms with Crippen LogP contribution in [0.1, 0.15) is 19.3 Å². The molecule has 1 unspecified atom stereocenters. The lowest BCUT2D eigenvalue weighted by Crippen LogP contribution is -2.59. The van der Waals surface area contributed by atoms with E-state index in [0.29, 0.717) is 23.3 Å². The Labute approximate surface area is 151 Å². The number of benzene rings is 1. The summed E-state index contributed by atoms with van der Waals surface area (Å²) >= 11 is 6.68. The Morgan fingerprint density at radius 1 is 1.40 bits per heavy atom. The Morgan fingerprint density at radius 3 is 2.92 bits per heavy atom. The number of nitrogens with one attached hydrogen (secondary N) is 1. The van der Waals surface area contributed by atoms with Crippen LogP contribution in [0.3, 0.4) is 0 Å². The molecule has 1 aromatic carbocycles. The maximum Gasteiger partial charge on any atom is 0.212 e. The number of rotatable bonds is 1. The quantitative estimate of drug-likeness (QED) is 0.762. The van der Waals surface area contributed by atoms with Crippen LogP contribution < -0.4 is 5.48 Å². The van der Waals surface area contributed by atoms with Gasteiger partial charge in [0.15, 0.2) is 5.82 Å². The number of thiazole rings is 1. The summed E-state index contributed by atoms with van der Waals surface area (Å²) < 4.78 is 27.9. The number of aromatic nitrogens is 1. The highest BCUT2D eigenvalue weighted by Gasteiger charge is 2.52. The van der Waals surface area contributed by atoms with Gasteiger partial charge in [0, 0.05) is 19.0 Å². The van der Waals surface area contributed by atoms with Gasteiger partial charge in [0.05, 0.1) is 10.2 Å². The lowest BCUT2D eigenvalue weighted by molar-refractivity contribution is -0.150. The molecular formula is C16H15ClF2N4OS. The van der Waals surface area contributed by atoms with Crippen molar-refractivity contribution in [2.24, 2.45) is 10.9 Å². The van der Waals surface area contributed by atoms with Crippen LogP contribution in [0, 0.1) is 17.6 Å². The number of hydrogen-bond acceptors (Lipinski definition) is 5. The number of fused-ring (bicyclic) bond motifs is 3. The topological polar surface area (TPSA) is 49.8 Å². The van der Waals surface area contributed by atoms with Crippen molar-refractivity contribution in [2.45, 2.75) is 24.9 Å². The van der Waals surface area contributed by atoms with E-state index in [0.717, 1.165) is 49.9 Å². The van der Waals surface area contributed by atoms with Gasteiger partial charge in [-0.15, -0.1) is 0 Å². The fraction of sp³-hybridized carbons (Fsp3) is 0.500. The molecule has 1 aromatic heterocycles. The molecule has 4 fully saturated rings. The van der Waals surface area contributed by atoms with Gasteiger partial charge in [-0.2, -0.15) is 0 Å². The van der Waals surface area contributed by atoms with Crippen LogP contribution in [0.25, 0.3) is 10.2 Å². The molecule has 0 saturated carbocycles. The van der Waals surface area contributed by atoms with E-state index in [2.05, 4.69) is 20.4 Å². The molecule has 5 nitrogen and oxygen atoms in total. The second kappa shape index (κ2) is 5.57. The largest absolute Gasteiger partial charge is 0.300 e. The van der Waals surface area contributed by atoms with Gasteiger partial charge in [-0.25, -0.2) is 18.8 Å². The van der Waals surface area contributed by atoms with Gasteiger partial charge in [-0.3, -0.25) is 10.3 Å². The summed E-state index contributed by atoms with van der Waals surface area (Å²) in [6.07, 6.45) is 2.96. The van der Waals surface area contributed by atoms with Crippen LogP contribution in [0.2, 0.25) is 5.02 Å². The monoisotopic (exact) mass is 384 g/mol. The third kappa shape index (κ3) is 2.46. The van der Waals surface area contributed by atoms with E-state index in [-0.39, 0.29) is 15.8 Å². The van der Waals surface area contributed by atoms with Gasteiger partial charge in [-0.05, 0) is 31.8 Å². The van der Waals surface area contributed by atoms with Crippen LogP contribution in [-0.2, 0) is 4.84 Å². The molecule has 1 N–H and O–H groups in total. The Hall–Kier alpha value is -1.35. The molecule has 0 radical (unpaired) electrons. The normalized spacial score (nSPS) is 32.8. The van der Waals surface area contributed by atoms with Gasteiger partial charge in [0.1, 0.15) is 22.3 Å². The molecule has 4 saturated heterocycles. The molecule has 0 amide bonds. The summed E-state index contributed by atoms with van der Waals surface area (Å²) in [4.78, 5) is 17.0. The van der Waals surface area contributed by atoms with Gasteiger partial charge in [0.25, 0.3) is 0 Å². The predicted molar refractivity (Wildman–Crippen MR) is 92.4 cm³/mol. The second-order valence-corrected chi connectivity index (χ2v) is 8.24. The van der Waals surface area contributed by atoms with Crippen molar-refractivity contribution in [3.63, 3.8) is 0 Å². The first-order valence-electron chi connectivity index (χ1n) is 8.22. The number of amidine groups is 1. The first-order valence-corrected chi connectivity index (χ1v) is 9.41. The lowest BCUT2D eigenvalue weighted by Gasteiger charge is -2.49. The van der Waals surface area contributed by atoms with E-state index in [1.807, 2.05) is 0 Å². The summed E-state index contributed by atoms with van der Waals surface area (Å²) in [5, 5.41) is -0.149. The van der Waals surface area contributed by atoms with Gasteiger partial charge >= 0.3 is 0 Å². The minimum Gasteiger partial charge on any atom is -0.300 e. The maximum absolute atomic E-state index is 14.1. The molecule has 1 atom stereocenters. The molecule has 2 bridgehead atoms. The number of piperidine rings is 3.